The van der Waals surface area contributed by atoms with Gasteiger partial charge in [0.25, 0.3) is 0 Å². The van der Waals surface area contributed by atoms with Crippen molar-refractivity contribution < 1.29 is 0 Å². The molecule has 0 aliphatic carbocycles. The molecule has 0 amide bonds. The molecular formula is C18H25N3. The van der Waals surface area contributed by atoms with Crippen LogP contribution in [0.4, 0.5) is 5.82 Å². The molecule has 0 aliphatic rings. The number of nitrogens with one attached hydrogen (secondary N) is 1. The van der Waals surface area contributed by atoms with Crippen molar-refractivity contribution in [2.24, 2.45) is 5.92 Å². The summed E-state index contributed by atoms with van der Waals surface area (Å²) >= 11 is 0. The highest BCUT2D eigenvalue weighted by Crippen LogP contribution is 2.22. The van der Waals surface area contributed by atoms with Gasteiger partial charge in [-0.1, -0.05) is 38.1 Å². The van der Waals surface area contributed by atoms with E-state index in [9.17, 15) is 0 Å². The van der Waals surface area contributed by atoms with E-state index in [1.807, 2.05) is 6.92 Å². The second kappa shape index (κ2) is 6.70. The van der Waals surface area contributed by atoms with E-state index in [4.69, 9.17) is 0 Å². The molecule has 3 heteroatoms. The Kier molecular flexibility index (Phi) is 4.94. The minimum absolute atomic E-state index is 0.675. The summed E-state index contributed by atoms with van der Waals surface area (Å²) in [6, 6.07) is 8.61. The molecule has 0 unspecified atom stereocenters. The van der Waals surface area contributed by atoms with Crippen molar-refractivity contribution in [3.63, 3.8) is 0 Å². The van der Waals surface area contributed by atoms with Gasteiger partial charge in [-0.2, -0.15) is 0 Å². The van der Waals surface area contributed by atoms with Crippen LogP contribution in [0.2, 0.25) is 0 Å². The van der Waals surface area contributed by atoms with Gasteiger partial charge >= 0.3 is 0 Å². The van der Waals surface area contributed by atoms with Crippen molar-refractivity contribution in [2.45, 2.75) is 41.0 Å². The molecule has 21 heavy (non-hydrogen) atoms. The summed E-state index contributed by atoms with van der Waals surface area (Å²) in [4.78, 5) is 9.29. The fraction of sp³-hybridized carbons (Fsp3) is 0.444. The average Bonchev–Trinajstić information content (AvgIpc) is 2.44. The zero-order valence-electron chi connectivity index (χ0n) is 13.7. The van der Waals surface area contributed by atoms with Gasteiger partial charge < -0.3 is 5.32 Å². The lowest BCUT2D eigenvalue weighted by Crippen LogP contribution is -2.06. The molecule has 1 aromatic carbocycles. The van der Waals surface area contributed by atoms with Crippen LogP contribution >= 0.6 is 0 Å². The lowest BCUT2D eigenvalue weighted by molar-refractivity contribution is 0.647. The third kappa shape index (κ3) is 3.81. The number of hydrogen-bond donors (Lipinski definition) is 1. The molecule has 0 spiro atoms. The maximum Gasteiger partial charge on any atom is 0.161 e. The molecule has 0 radical (unpaired) electrons. The highest BCUT2D eigenvalue weighted by atomic mass is 15.0. The van der Waals surface area contributed by atoms with Crippen molar-refractivity contribution in [3.05, 3.63) is 41.1 Å². The SMILES string of the molecule is CCNc1nc(-c2ccc(CC(C)C)cc2)nc(C)c1C. The Morgan fingerprint density at radius 1 is 1.05 bits per heavy atom. The molecule has 1 aromatic heterocycles. The van der Waals surface area contributed by atoms with Gasteiger partial charge in [0.15, 0.2) is 5.82 Å². The highest BCUT2D eigenvalue weighted by Gasteiger charge is 2.09. The standard InChI is InChI=1S/C18H25N3/c1-6-19-17-13(4)14(5)20-18(21-17)16-9-7-15(8-10-16)11-12(2)3/h7-10,12H,6,11H2,1-5H3,(H,19,20,21). The van der Waals surface area contributed by atoms with Crippen LogP contribution in [0.3, 0.4) is 0 Å². The largest absolute Gasteiger partial charge is 0.370 e. The van der Waals surface area contributed by atoms with Crippen LogP contribution in [0, 0.1) is 19.8 Å². The van der Waals surface area contributed by atoms with Gasteiger partial charge in [0.1, 0.15) is 5.82 Å². The Hall–Kier alpha value is -1.90. The quantitative estimate of drug-likeness (QED) is 0.884. The number of benzene rings is 1. The van der Waals surface area contributed by atoms with Crippen molar-refractivity contribution >= 4 is 5.82 Å². The zero-order chi connectivity index (χ0) is 15.4. The summed E-state index contributed by atoms with van der Waals surface area (Å²) in [5, 5.41) is 3.31. The van der Waals surface area contributed by atoms with Crippen LogP contribution in [0.25, 0.3) is 11.4 Å². The van der Waals surface area contributed by atoms with Gasteiger partial charge in [-0.05, 0) is 38.7 Å². The van der Waals surface area contributed by atoms with Crippen LogP contribution < -0.4 is 5.32 Å². The van der Waals surface area contributed by atoms with Gasteiger partial charge in [-0.25, -0.2) is 9.97 Å². The fourth-order valence-electron chi connectivity index (χ4n) is 2.36. The molecule has 0 bridgehead atoms. The Balaban J connectivity index is 2.33. The van der Waals surface area contributed by atoms with Crippen LogP contribution in [0.5, 0.6) is 0 Å². The molecule has 1 heterocycles. The Labute approximate surface area is 127 Å². The molecule has 0 aliphatic heterocycles. The van der Waals surface area contributed by atoms with E-state index in [1.165, 1.54) is 5.56 Å². The maximum absolute atomic E-state index is 4.66. The zero-order valence-corrected chi connectivity index (χ0v) is 13.7. The lowest BCUT2D eigenvalue weighted by Gasteiger charge is -2.11. The monoisotopic (exact) mass is 283 g/mol. The summed E-state index contributed by atoms with van der Waals surface area (Å²) in [6.07, 6.45) is 1.11. The van der Waals surface area contributed by atoms with E-state index in [1.54, 1.807) is 0 Å². The number of anilines is 1. The lowest BCUT2D eigenvalue weighted by atomic mass is 10.0. The van der Waals surface area contributed by atoms with Crippen molar-refractivity contribution in [1.82, 2.24) is 9.97 Å². The first-order valence-corrected chi connectivity index (χ1v) is 7.69. The Bertz CT molecular complexity index is 601. The second-order valence-electron chi connectivity index (χ2n) is 5.93. The third-order valence-electron chi connectivity index (χ3n) is 3.59. The van der Waals surface area contributed by atoms with Gasteiger partial charge in [0, 0.05) is 23.4 Å². The van der Waals surface area contributed by atoms with Crippen molar-refractivity contribution in [3.8, 4) is 11.4 Å². The highest BCUT2D eigenvalue weighted by molar-refractivity contribution is 5.60. The molecular weight excluding hydrogens is 258 g/mol. The summed E-state index contributed by atoms with van der Waals surface area (Å²) in [6.45, 7) is 11.5. The number of aryl methyl sites for hydroxylation is 1. The van der Waals surface area contributed by atoms with Crippen molar-refractivity contribution in [2.75, 3.05) is 11.9 Å². The van der Waals surface area contributed by atoms with Crippen LogP contribution in [-0.4, -0.2) is 16.5 Å². The summed E-state index contributed by atoms with van der Waals surface area (Å²) in [5.74, 6) is 2.41. The van der Waals surface area contributed by atoms with E-state index >= 15 is 0 Å². The van der Waals surface area contributed by atoms with E-state index in [2.05, 4.69) is 67.2 Å². The van der Waals surface area contributed by atoms with Gasteiger partial charge in [-0.3, -0.25) is 0 Å². The minimum Gasteiger partial charge on any atom is -0.370 e. The third-order valence-corrected chi connectivity index (χ3v) is 3.59. The Morgan fingerprint density at radius 3 is 2.29 bits per heavy atom. The van der Waals surface area contributed by atoms with Crippen LogP contribution in [0.1, 0.15) is 37.6 Å². The van der Waals surface area contributed by atoms with E-state index in [0.29, 0.717) is 5.92 Å². The molecule has 0 saturated heterocycles. The fourth-order valence-corrected chi connectivity index (χ4v) is 2.36. The van der Waals surface area contributed by atoms with E-state index < -0.39 is 0 Å². The molecule has 0 fully saturated rings. The molecule has 0 atom stereocenters. The Morgan fingerprint density at radius 2 is 1.71 bits per heavy atom. The molecule has 2 aromatic rings. The van der Waals surface area contributed by atoms with Gasteiger partial charge in [-0.15, -0.1) is 0 Å². The van der Waals surface area contributed by atoms with Gasteiger partial charge in [0.05, 0.1) is 0 Å². The molecule has 1 N–H and O–H groups in total. The molecule has 112 valence electrons. The first-order valence-electron chi connectivity index (χ1n) is 7.69. The van der Waals surface area contributed by atoms with E-state index in [0.717, 1.165) is 41.4 Å². The number of nitrogens with zero attached hydrogens (tertiary/aromatic N) is 2. The summed E-state index contributed by atoms with van der Waals surface area (Å²) < 4.78 is 0. The van der Waals surface area contributed by atoms with Crippen LogP contribution in [-0.2, 0) is 6.42 Å². The topological polar surface area (TPSA) is 37.8 Å². The molecule has 2 rings (SSSR count). The van der Waals surface area contributed by atoms with Gasteiger partial charge in [0.2, 0.25) is 0 Å². The average molecular weight is 283 g/mol. The molecule has 3 nitrogen and oxygen atoms in total. The first-order chi connectivity index (χ1) is 10.0. The predicted octanol–water partition coefficient (Wildman–Crippen LogP) is 4.39. The number of aromatic nitrogens is 2. The normalized spacial score (nSPS) is 11.0. The summed E-state index contributed by atoms with van der Waals surface area (Å²) in [5.41, 5.74) is 4.59. The number of rotatable bonds is 5. The maximum atomic E-state index is 4.66. The number of hydrogen-bond acceptors (Lipinski definition) is 3. The summed E-state index contributed by atoms with van der Waals surface area (Å²) in [7, 11) is 0. The second-order valence-corrected chi connectivity index (χ2v) is 5.93. The van der Waals surface area contributed by atoms with Crippen LogP contribution in [0.15, 0.2) is 24.3 Å². The predicted molar refractivity (Wildman–Crippen MR) is 89.6 cm³/mol. The first kappa shape index (κ1) is 15.5. The van der Waals surface area contributed by atoms with Crippen molar-refractivity contribution in [1.29, 1.82) is 0 Å². The molecule has 0 saturated carbocycles. The van der Waals surface area contributed by atoms with E-state index in [-0.39, 0.29) is 0 Å². The minimum atomic E-state index is 0.675. The smallest absolute Gasteiger partial charge is 0.161 e.